The molecule has 112 valence electrons. The SMILES string of the molecule is CCOC(CC)C(=O)NCC(O)c1c(Cl)cccc1Cl. The van der Waals surface area contributed by atoms with Crippen LogP contribution >= 0.6 is 23.2 Å². The van der Waals surface area contributed by atoms with Gasteiger partial charge in [0.1, 0.15) is 6.10 Å². The molecule has 0 bridgehead atoms. The van der Waals surface area contributed by atoms with Crippen LogP contribution < -0.4 is 5.32 Å². The number of carbonyl (C=O) groups is 1. The minimum absolute atomic E-state index is 0.0336. The zero-order valence-electron chi connectivity index (χ0n) is 11.5. The van der Waals surface area contributed by atoms with Crippen molar-refractivity contribution in [3.8, 4) is 0 Å². The van der Waals surface area contributed by atoms with Crippen molar-refractivity contribution in [1.82, 2.24) is 5.32 Å². The molecular weight excluding hydrogens is 301 g/mol. The van der Waals surface area contributed by atoms with Crippen LogP contribution in [0.2, 0.25) is 10.0 Å². The molecule has 0 aromatic heterocycles. The Morgan fingerprint density at radius 3 is 2.45 bits per heavy atom. The molecule has 0 aliphatic carbocycles. The Balaban J connectivity index is 2.63. The predicted octanol–water partition coefficient (Wildman–Crippen LogP) is 2.96. The molecule has 20 heavy (non-hydrogen) atoms. The minimum atomic E-state index is -0.959. The number of aliphatic hydroxyl groups is 1. The van der Waals surface area contributed by atoms with Gasteiger partial charge in [0.15, 0.2) is 0 Å². The minimum Gasteiger partial charge on any atom is -0.386 e. The van der Waals surface area contributed by atoms with E-state index in [-0.39, 0.29) is 12.5 Å². The van der Waals surface area contributed by atoms with E-state index in [1.165, 1.54) is 0 Å². The molecule has 1 aromatic rings. The fourth-order valence-electron chi connectivity index (χ4n) is 1.82. The third-order valence-electron chi connectivity index (χ3n) is 2.83. The molecule has 0 aliphatic heterocycles. The van der Waals surface area contributed by atoms with E-state index in [1.807, 2.05) is 13.8 Å². The average molecular weight is 320 g/mol. The third-order valence-corrected chi connectivity index (χ3v) is 3.49. The molecule has 0 fully saturated rings. The zero-order valence-corrected chi connectivity index (χ0v) is 13.0. The van der Waals surface area contributed by atoms with Crippen molar-refractivity contribution in [3.63, 3.8) is 0 Å². The fourth-order valence-corrected chi connectivity index (χ4v) is 2.47. The lowest BCUT2D eigenvalue weighted by molar-refractivity contribution is -0.133. The predicted molar refractivity (Wildman–Crippen MR) is 80.1 cm³/mol. The Kier molecular flexibility index (Phi) is 7.30. The maximum atomic E-state index is 11.9. The molecular formula is C14H19Cl2NO3. The Hall–Kier alpha value is -0.810. The molecule has 6 heteroatoms. The summed E-state index contributed by atoms with van der Waals surface area (Å²) in [5.41, 5.74) is 0.417. The number of nitrogens with one attached hydrogen (secondary N) is 1. The van der Waals surface area contributed by atoms with E-state index in [9.17, 15) is 9.90 Å². The monoisotopic (exact) mass is 319 g/mol. The van der Waals surface area contributed by atoms with Crippen LogP contribution in [0.5, 0.6) is 0 Å². The van der Waals surface area contributed by atoms with Crippen molar-refractivity contribution in [2.45, 2.75) is 32.5 Å². The van der Waals surface area contributed by atoms with Gasteiger partial charge in [0.2, 0.25) is 5.91 Å². The lowest BCUT2D eigenvalue weighted by Crippen LogP contribution is -2.38. The average Bonchev–Trinajstić information content (AvgIpc) is 2.42. The number of rotatable bonds is 7. The molecule has 0 aliphatic rings. The summed E-state index contributed by atoms with van der Waals surface area (Å²) < 4.78 is 5.29. The highest BCUT2D eigenvalue weighted by atomic mass is 35.5. The molecule has 4 nitrogen and oxygen atoms in total. The maximum Gasteiger partial charge on any atom is 0.249 e. The van der Waals surface area contributed by atoms with Gasteiger partial charge in [-0.2, -0.15) is 0 Å². The van der Waals surface area contributed by atoms with Gasteiger partial charge in [-0.15, -0.1) is 0 Å². The van der Waals surface area contributed by atoms with E-state index in [1.54, 1.807) is 18.2 Å². The van der Waals surface area contributed by atoms with Crippen LogP contribution in [0.15, 0.2) is 18.2 Å². The summed E-state index contributed by atoms with van der Waals surface area (Å²) in [5, 5.41) is 13.5. The molecule has 1 aromatic carbocycles. The van der Waals surface area contributed by atoms with Crippen molar-refractivity contribution in [3.05, 3.63) is 33.8 Å². The van der Waals surface area contributed by atoms with Gasteiger partial charge < -0.3 is 15.2 Å². The Morgan fingerprint density at radius 2 is 1.95 bits per heavy atom. The Bertz CT molecular complexity index is 434. The van der Waals surface area contributed by atoms with Gasteiger partial charge in [-0.3, -0.25) is 4.79 Å². The zero-order chi connectivity index (χ0) is 15.1. The lowest BCUT2D eigenvalue weighted by Gasteiger charge is -2.18. The van der Waals surface area contributed by atoms with Gasteiger partial charge >= 0.3 is 0 Å². The molecule has 0 saturated carbocycles. The molecule has 2 N–H and O–H groups in total. The molecule has 0 saturated heterocycles. The van der Waals surface area contributed by atoms with E-state index in [0.717, 1.165) is 0 Å². The highest BCUT2D eigenvalue weighted by Crippen LogP contribution is 2.29. The van der Waals surface area contributed by atoms with E-state index in [4.69, 9.17) is 27.9 Å². The third kappa shape index (κ3) is 4.63. The van der Waals surface area contributed by atoms with Crippen LogP contribution in [-0.4, -0.2) is 30.3 Å². The number of ether oxygens (including phenoxy) is 1. The normalized spacial score (nSPS) is 13.8. The fraction of sp³-hybridized carbons (Fsp3) is 0.500. The number of aliphatic hydroxyl groups excluding tert-OH is 1. The molecule has 0 heterocycles. The quantitative estimate of drug-likeness (QED) is 0.812. The molecule has 2 atom stereocenters. The summed E-state index contributed by atoms with van der Waals surface area (Å²) in [5.74, 6) is -0.253. The van der Waals surface area contributed by atoms with E-state index < -0.39 is 12.2 Å². The summed E-state index contributed by atoms with van der Waals surface area (Å²) in [6.07, 6.45) is -0.893. The number of hydrogen-bond donors (Lipinski definition) is 2. The summed E-state index contributed by atoms with van der Waals surface area (Å²) >= 11 is 12.0. The first-order valence-corrected chi connectivity index (χ1v) is 7.28. The second-order valence-corrected chi connectivity index (χ2v) is 5.06. The van der Waals surface area contributed by atoms with E-state index >= 15 is 0 Å². The highest BCUT2D eigenvalue weighted by molar-refractivity contribution is 6.36. The molecule has 0 radical (unpaired) electrons. The van der Waals surface area contributed by atoms with Gasteiger partial charge in [-0.1, -0.05) is 36.2 Å². The van der Waals surface area contributed by atoms with Gasteiger partial charge in [0.05, 0.1) is 6.10 Å². The largest absolute Gasteiger partial charge is 0.386 e. The molecule has 1 rings (SSSR count). The van der Waals surface area contributed by atoms with Gasteiger partial charge in [0.25, 0.3) is 0 Å². The summed E-state index contributed by atoms with van der Waals surface area (Å²) in [6.45, 7) is 4.19. The first kappa shape index (κ1) is 17.2. The lowest BCUT2D eigenvalue weighted by atomic mass is 10.1. The summed E-state index contributed by atoms with van der Waals surface area (Å²) in [4.78, 5) is 11.9. The van der Waals surface area contributed by atoms with Crippen LogP contribution in [0.25, 0.3) is 0 Å². The topological polar surface area (TPSA) is 58.6 Å². The smallest absolute Gasteiger partial charge is 0.249 e. The molecule has 0 spiro atoms. The highest BCUT2D eigenvalue weighted by Gasteiger charge is 2.20. The van der Waals surface area contributed by atoms with Crippen LogP contribution in [-0.2, 0) is 9.53 Å². The number of hydrogen-bond acceptors (Lipinski definition) is 3. The van der Waals surface area contributed by atoms with Crippen LogP contribution in [0.1, 0.15) is 31.9 Å². The van der Waals surface area contributed by atoms with Crippen molar-refractivity contribution in [1.29, 1.82) is 0 Å². The van der Waals surface area contributed by atoms with Crippen molar-refractivity contribution >= 4 is 29.1 Å². The molecule has 1 amide bonds. The van der Waals surface area contributed by atoms with Crippen LogP contribution in [0.3, 0.4) is 0 Å². The molecule has 2 unspecified atom stereocenters. The van der Waals surface area contributed by atoms with Crippen molar-refractivity contribution in [2.75, 3.05) is 13.2 Å². The number of halogens is 2. The van der Waals surface area contributed by atoms with E-state index in [2.05, 4.69) is 5.32 Å². The summed E-state index contributed by atoms with van der Waals surface area (Å²) in [7, 11) is 0. The Morgan fingerprint density at radius 1 is 1.35 bits per heavy atom. The number of amides is 1. The standard InChI is InChI=1S/C14H19Cl2NO3/c1-3-12(20-4-2)14(19)17-8-11(18)13-9(15)6-5-7-10(13)16/h5-7,11-12,18H,3-4,8H2,1-2H3,(H,17,19). The first-order chi connectivity index (χ1) is 9.51. The van der Waals surface area contributed by atoms with Crippen molar-refractivity contribution in [2.24, 2.45) is 0 Å². The van der Waals surface area contributed by atoms with Crippen LogP contribution in [0, 0.1) is 0 Å². The van der Waals surface area contributed by atoms with Crippen molar-refractivity contribution < 1.29 is 14.6 Å². The van der Waals surface area contributed by atoms with Gasteiger partial charge in [0, 0.05) is 28.8 Å². The van der Waals surface area contributed by atoms with Gasteiger partial charge in [-0.05, 0) is 25.5 Å². The maximum absolute atomic E-state index is 11.9. The van der Waals surface area contributed by atoms with Gasteiger partial charge in [-0.25, -0.2) is 0 Å². The van der Waals surface area contributed by atoms with E-state index in [0.29, 0.717) is 28.6 Å². The first-order valence-electron chi connectivity index (χ1n) is 6.52. The number of benzene rings is 1. The number of carbonyl (C=O) groups excluding carboxylic acids is 1. The summed E-state index contributed by atoms with van der Waals surface area (Å²) in [6, 6.07) is 4.98. The van der Waals surface area contributed by atoms with Crippen LogP contribution in [0.4, 0.5) is 0 Å². The second-order valence-electron chi connectivity index (χ2n) is 4.25. The Labute approximate surface area is 129 Å². The second kappa shape index (κ2) is 8.47.